The lowest BCUT2D eigenvalue weighted by Crippen LogP contribution is -2.17. The van der Waals surface area contributed by atoms with E-state index in [0.717, 1.165) is 5.39 Å². The highest BCUT2D eigenvalue weighted by molar-refractivity contribution is 6.31. The van der Waals surface area contributed by atoms with Gasteiger partial charge in [-0.2, -0.15) is 5.10 Å². The van der Waals surface area contributed by atoms with Crippen molar-refractivity contribution >= 4 is 34.5 Å². The van der Waals surface area contributed by atoms with E-state index >= 15 is 0 Å². The van der Waals surface area contributed by atoms with E-state index in [1.54, 1.807) is 12.1 Å². The summed E-state index contributed by atoms with van der Waals surface area (Å²) in [7, 11) is 0. The van der Waals surface area contributed by atoms with Crippen LogP contribution in [0.4, 0.5) is 0 Å². The van der Waals surface area contributed by atoms with E-state index in [1.807, 2.05) is 24.3 Å². The Kier molecular flexibility index (Phi) is 4.35. The zero-order valence-corrected chi connectivity index (χ0v) is 13.2. The molecule has 0 bridgehead atoms. The number of aromatic hydroxyl groups is 2. The van der Waals surface area contributed by atoms with Gasteiger partial charge >= 0.3 is 0 Å². The number of phenolic OH excluding ortho intramolecular Hbond substituents is 2. The lowest BCUT2D eigenvalue weighted by Gasteiger charge is -2.05. The molecule has 6 heteroatoms. The highest BCUT2D eigenvalue weighted by Crippen LogP contribution is 2.27. The van der Waals surface area contributed by atoms with Crippen molar-refractivity contribution in [1.82, 2.24) is 5.43 Å². The van der Waals surface area contributed by atoms with Gasteiger partial charge in [0, 0.05) is 16.0 Å². The third-order valence-electron chi connectivity index (χ3n) is 3.50. The summed E-state index contributed by atoms with van der Waals surface area (Å²) in [5, 5.41) is 25.7. The molecule has 0 radical (unpaired) electrons. The van der Waals surface area contributed by atoms with Crippen molar-refractivity contribution in [2.45, 2.75) is 0 Å². The minimum absolute atomic E-state index is 0.0161. The summed E-state index contributed by atoms with van der Waals surface area (Å²) in [5.74, 6) is -0.719. The maximum atomic E-state index is 12.0. The molecule has 0 aliphatic carbocycles. The van der Waals surface area contributed by atoms with Crippen LogP contribution in [-0.2, 0) is 0 Å². The molecule has 0 fully saturated rings. The largest absolute Gasteiger partial charge is 0.507 e. The van der Waals surface area contributed by atoms with Crippen molar-refractivity contribution < 1.29 is 15.0 Å². The number of hydrogen-bond donors (Lipinski definition) is 3. The minimum Gasteiger partial charge on any atom is -0.507 e. The van der Waals surface area contributed by atoms with Crippen LogP contribution in [0.25, 0.3) is 10.8 Å². The average molecular weight is 341 g/mol. The summed E-state index contributed by atoms with van der Waals surface area (Å²) in [5.41, 5.74) is 2.77. The molecule has 120 valence electrons. The SMILES string of the molecule is O=C(NN=Cc1ccc2ccccc2c1O)c1cc(Cl)ccc1O. The molecule has 0 unspecified atom stereocenters. The Bertz CT molecular complexity index is 954. The number of hydrogen-bond acceptors (Lipinski definition) is 4. The highest BCUT2D eigenvalue weighted by atomic mass is 35.5. The van der Waals surface area contributed by atoms with Gasteiger partial charge in [-0.25, -0.2) is 5.43 Å². The van der Waals surface area contributed by atoms with Gasteiger partial charge in [0.15, 0.2) is 0 Å². The quantitative estimate of drug-likeness (QED) is 0.502. The van der Waals surface area contributed by atoms with Crippen LogP contribution in [0.3, 0.4) is 0 Å². The number of nitrogens with one attached hydrogen (secondary N) is 1. The average Bonchev–Trinajstić information content (AvgIpc) is 2.59. The summed E-state index contributed by atoms with van der Waals surface area (Å²) in [6.07, 6.45) is 1.33. The number of phenols is 2. The first-order valence-corrected chi connectivity index (χ1v) is 7.46. The Morgan fingerprint density at radius 1 is 1.08 bits per heavy atom. The maximum Gasteiger partial charge on any atom is 0.275 e. The molecule has 0 aromatic heterocycles. The van der Waals surface area contributed by atoms with Crippen molar-refractivity contribution in [2.24, 2.45) is 5.10 Å². The van der Waals surface area contributed by atoms with Gasteiger partial charge in [0.25, 0.3) is 5.91 Å². The highest BCUT2D eigenvalue weighted by Gasteiger charge is 2.11. The topological polar surface area (TPSA) is 81.9 Å². The van der Waals surface area contributed by atoms with Crippen molar-refractivity contribution in [1.29, 1.82) is 0 Å². The number of amides is 1. The Morgan fingerprint density at radius 3 is 2.71 bits per heavy atom. The number of carbonyl (C=O) groups is 1. The van der Waals surface area contributed by atoms with Crippen LogP contribution in [-0.4, -0.2) is 22.3 Å². The number of rotatable bonds is 3. The van der Waals surface area contributed by atoms with Crippen LogP contribution in [0.2, 0.25) is 5.02 Å². The fraction of sp³-hybridized carbons (Fsp3) is 0. The van der Waals surface area contributed by atoms with Crippen LogP contribution in [0.15, 0.2) is 59.7 Å². The molecule has 0 saturated heterocycles. The van der Waals surface area contributed by atoms with E-state index in [4.69, 9.17) is 11.6 Å². The summed E-state index contributed by atoms with van der Waals surface area (Å²) in [4.78, 5) is 12.0. The molecule has 0 heterocycles. The summed E-state index contributed by atoms with van der Waals surface area (Å²) in [6, 6.07) is 15.1. The molecule has 3 aromatic carbocycles. The predicted molar refractivity (Wildman–Crippen MR) is 93.8 cm³/mol. The molecule has 3 rings (SSSR count). The first-order chi connectivity index (χ1) is 11.6. The Labute approximate surface area is 142 Å². The lowest BCUT2D eigenvalue weighted by molar-refractivity contribution is 0.0952. The third kappa shape index (κ3) is 3.16. The van der Waals surface area contributed by atoms with Crippen molar-refractivity contribution in [3.8, 4) is 11.5 Å². The van der Waals surface area contributed by atoms with Crippen LogP contribution in [0.5, 0.6) is 11.5 Å². The lowest BCUT2D eigenvalue weighted by atomic mass is 10.1. The molecule has 24 heavy (non-hydrogen) atoms. The summed E-state index contributed by atoms with van der Waals surface area (Å²) < 4.78 is 0. The van der Waals surface area contributed by atoms with E-state index in [1.165, 1.54) is 24.4 Å². The fourth-order valence-corrected chi connectivity index (χ4v) is 2.46. The molecular formula is C18H13ClN2O3. The van der Waals surface area contributed by atoms with Gasteiger partial charge in [-0.15, -0.1) is 0 Å². The van der Waals surface area contributed by atoms with Gasteiger partial charge in [0.1, 0.15) is 11.5 Å². The van der Waals surface area contributed by atoms with Gasteiger partial charge in [-0.05, 0) is 29.7 Å². The van der Waals surface area contributed by atoms with Gasteiger partial charge in [0.2, 0.25) is 0 Å². The van der Waals surface area contributed by atoms with E-state index in [9.17, 15) is 15.0 Å². The molecule has 0 spiro atoms. The zero-order valence-electron chi connectivity index (χ0n) is 12.4. The molecule has 0 saturated carbocycles. The molecule has 3 aromatic rings. The molecular weight excluding hydrogens is 328 g/mol. The normalized spacial score (nSPS) is 11.0. The maximum absolute atomic E-state index is 12.0. The number of fused-ring (bicyclic) bond motifs is 1. The minimum atomic E-state index is -0.605. The first kappa shape index (κ1) is 15.8. The first-order valence-electron chi connectivity index (χ1n) is 7.09. The van der Waals surface area contributed by atoms with Crippen LogP contribution < -0.4 is 5.43 Å². The van der Waals surface area contributed by atoms with Gasteiger partial charge < -0.3 is 10.2 Å². The smallest absolute Gasteiger partial charge is 0.275 e. The van der Waals surface area contributed by atoms with Crippen LogP contribution in [0, 0.1) is 0 Å². The van der Waals surface area contributed by atoms with Crippen LogP contribution >= 0.6 is 11.6 Å². The Hall–Kier alpha value is -3.05. The van der Waals surface area contributed by atoms with E-state index < -0.39 is 5.91 Å². The van der Waals surface area contributed by atoms with Crippen molar-refractivity contribution in [3.63, 3.8) is 0 Å². The second kappa shape index (κ2) is 6.60. The molecule has 3 N–H and O–H groups in total. The number of benzene rings is 3. The van der Waals surface area contributed by atoms with Crippen molar-refractivity contribution in [2.75, 3.05) is 0 Å². The summed E-state index contributed by atoms with van der Waals surface area (Å²) in [6.45, 7) is 0. The van der Waals surface area contributed by atoms with E-state index in [2.05, 4.69) is 10.5 Å². The zero-order chi connectivity index (χ0) is 17.1. The number of nitrogens with zero attached hydrogens (tertiary/aromatic N) is 1. The Balaban J connectivity index is 1.80. The number of carbonyl (C=O) groups excluding carboxylic acids is 1. The summed E-state index contributed by atoms with van der Waals surface area (Å²) >= 11 is 5.80. The number of halogens is 1. The molecule has 0 aliphatic rings. The van der Waals surface area contributed by atoms with Crippen LogP contribution in [0.1, 0.15) is 15.9 Å². The molecule has 5 nitrogen and oxygen atoms in total. The second-order valence-electron chi connectivity index (χ2n) is 5.09. The molecule has 0 atom stereocenters. The number of hydrazone groups is 1. The predicted octanol–water partition coefficient (Wildman–Crippen LogP) is 3.67. The van der Waals surface area contributed by atoms with Gasteiger partial charge in [-0.3, -0.25) is 4.79 Å². The molecule has 0 aliphatic heterocycles. The standard InChI is InChI=1S/C18H13ClN2O3/c19-13-7-8-16(22)15(9-13)18(24)21-20-10-12-6-5-11-3-1-2-4-14(11)17(12)23/h1-10,22-23H,(H,21,24). The van der Waals surface area contributed by atoms with E-state index in [-0.39, 0.29) is 17.1 Å². The van der Waals surface area contributed by atoms with Crippen molar-refractivity contribution in [3.05, 3.63) is 70.7 Å². The van der Waals surface area contributed by atoms with Gasteiger partial charge in [0.05, 0.1) is 11.8 Å². The fourth-order valence-electron chi connectivity index (χ4n) is 2.29. The second-order valence-corrected chi connectivity index (χ2v) is 5.52. The monoisotopic (exact) mass is 340 g/mol. The van der Waals surface area contributed by atoms with Gasteiger partial charge in [-0.1, -0.05) is 41.9 Å². The Morgan fingerprint density at radius 2 is 1.88 bits per heavy atom. The van der Waals surface area contributed by atoms with E-state index in [0.29, 0.717) is 16.0 Å². The molecule has 1 amide bonds. The third-order valence-corrected chi connectivity index (χ3v) is 3.74.